The van der Waals surface area contributed by atoms with Gasteiger partial charge in [0.25, 0.3) is 0 Å². The first kappa shape index (κ1) is 16.4. The monoisotopic (exact) mass is 295 g/mol. The molecule has 1 saturated heterocycles. The smallest absolute Gasteiger partial charge is 0.123 e. The van der Waals surface area contributed by atoms with Gasteiger partial charge in [0.05, 0.1) is 12.2 Å². The minimum atomic E-state index is -0.702. The van der Waals surface area contributed by atoms with Crippen molar-refractivity contribution in [3.63, 3.8) is 0 Å². The van der Waals surface area contributed by atoms with Gasteiger partial charge in [-0.3, -0.25) is 0 Å². The van der Waals surface area contributed by atoms with Gasteiger partial charge in [0.15, 0.2) is 0 Å². The second kappa shape index (κ2) is 7.34. The second-order valence-corrected chi connectivity index (χ2v) is 6.53. The maximum Gasteiger partial charge on any atom is 0.123 e. The summed E-state index contributed by atoms with van der Waals surface area (Å²) in [7, 11) is 0. The number of nitrogens with one attached hydrogen (secondary N) is 1. The van der Waals surface area contributed by atoms with E-state index in [-0.39, 0.29) is 11.4 Å². The second-order valence-electron chi connectivity index (χ2n) is 6.53. The van der Waals surface area contributed by atoms with Crippen LogP contribution in [0, 0.1) is 5.82 Å². The lowest BCUT2D eigenvalue weighted by Gasteiger charge is -2.33. The molecule has 0 aliphatic carbocycles. The fraction of sp³-hybridized carbons (Fsp3) is 0.647. The van der Waals surface area contributed by atoms with E-state index in [0.717, 1.165) is 25.9 Å². The molecule has 118 valence electrons. The van der Waals surface area contributed by atoms with Crippen molar-refractivity contribution in [2.75, 3.05) is 13.2 Å². The van der Waals surface area contributed by atoms with Crippen molar-refractivity contribution in [3.8, 4) is 0 Å². The Morgan fingerprint density at radius 2 is 2.24 bits per heavy atom. The van der Waals surface area contributed by atoms with Crippen LogP contribution in [0.2, 0.25) is 0 Å². The van der Waals surface area contributed by atoms with Crippen molar-refractivity contribution in [3.05, 3.63) is 35.6 Å². The predicted molar refractivity (Wildman–Crippen MR) is 81.6 cm³/mol. The van der Waals surface area contributed by atoms with Crippen LogP contribution in [0.1, 0.15) is 51.2 Å². The molecule has 2 atom stereocenters. The Morgan fingerprint density at radius 1 is 1.43 bits per heavy atom. The Labute approximate surface area is 126 Å². The summed E-state index contributed by atoms with van der Waals surface area (Å²) in [6, 6.07) is 6.12. The summed E-state index contributed by atoms with van der Waals surface area (Å²) < 4.78 is 18.9. The van der Waals surface area contributed by atoms with Gasteiger partial charge in [0, 0.05) is 18.7 Å². The van der Waals surface area contributed by atoms with Crippen LogP contribution in [0.5, 0.6) is 0 Å². The fourth-order valence-electron chi connectivity index (χ4n) is 2.81. The van der Waals surface area contributed by atoms with E-state index in [1.165, 1.54) is 18.6 Å². The molecule has 4 heteroatoms. The van der Waals surface area contributed by atoms with Crippen LogP contribution in [0.4, 0.5) is 4.39 Å². The van der Waals surface area contributed by atoms with E-state index in [0.29, 0.717) is 18.2 Å². The Hall–Kier alpha value is -0.970. The molecule has 0 aromatic heterocycles. The topological polar surface area (TPSA) is 41.5 Å². The Balaban J connectivity index is 1.82. The molecule has 1 aromatic rings. The first-order valence-electron chi connectivity index (χ1n) is 7.76. The molecular formula is C17H26FNO2. The van der Waals surface area contributed by atoms with E-state index in [9.17, 15) is 9.50 Å². The molecule has 2 rings (SSSR count). The highest BCUT2D eigenvalue weighted by Crippen LogP contribution is 2.23. The highest BCUT2D eigenvalue weighted by Gasteiger charge is 2.25. The van der Waals surface area contributed by atoms with Crippen molar-refractivity contribution in [1.29, 1.82) is 0 Å². The summed E-state index contributed by atoms with van der Waals surface area (Å²) in [6.45, 7) is 5.49. The van der Waals surface area contributed by atoms with Gasteiger partial charge in [-0.15, -0.1) is 0 Å². The van der Waals surface area contributed by atoms with Crippen molar-refractivity contribution in [2.24, 2.45) is 0 Å². The lowest BCUT2D eigenvalue weighted by atomic mass is 9.92. The summed E-state index contributed by atoms with van der Waals surface area (Å²) in [6.07, 6.45) is 4.01. The summed E-state index contributed by atoms with van der Waals surface area (Å²) in [4.78, 5) is 0. The molecule has 2 N–H and O–H groups in total. The number of β-amino-alcohol motifs (C(OH)–C–C–N with tert-alkyl or cyclic N) is 1. The SMILES string of the molecule is CC(C)(C[C@@H]1CCCCO1)NC[C@H](O)c1cccc(F)c1. The first-order valence-corrected chi connectivity index (χ1v) is 7.76. The van der Waals surface area contributed by atoms with Gasteiger partial charge in [0.2, 0.25) is 0 Å². The first-order chi connectivity index (χ1) is 9.96. The van der Waals surface area contributed by atoms with E-state index in [2.05, 4.69) is 19.2 Å². The van der Waals surface area contributed by atoms with E-state index in [1.54, 1.807) is 12.1 Å². The van der Waals surface area contributed by atoms with Gasteiger partial charge in [-0.25, -0.2) is 4.39 Å². The quantitative estimate of drug-likeness (QED) is 0.847. The zero-order valence-corrected chi connectivity index (χ0v) is 12.9. The number of hydrogen-bond donors (Lipinski definition) is 2. The van der Waals surface area contributed by atoms with Gasteiger partial charge in [0.1, 0.15) is 5.82 Å². The molecule has 0 radical (unpaired) electrons. The van der Waals surface area contributed by atoms with E-state index < -0.39 is 6.10 Å². The van der Waals surface area contributed by atoms with Crippen LogP contribution in [0.15, 0.2) is 24.3 Å². The molecule has 1 heterocycles. The fourth-order valence-corrected chi connectivity index (χ4v) is 2.81. The molecule has 0 saturated carbocycles. The number of halogens is 1. The Morgan fingerprint density at radius 3 is 2.90 bits per heavy atom. The molecule has 0 unspecified atom stereocenters. The minimum absolute atomic E-state index is 0.115. The van der Waals surface area contributed by atoms with E-state index >= 15 is 0 Å². The highest BCUT2D eigenvalue weighted by atomic mass is 19.1. The number of aliphatic hydroxyl groups excluding tert-OH is 1. The van der Waals surface area contributed by atoms with Crippen molar-refractivity contribution in [2.45, 2.75) is 57.3 Å². The van der Waals surface area contributed by atoms with Crippen LogP contribution in [-0.2, 0) is 4.74 Å². The average Bonchev–Trinajstić information content (AvgIpc) is 2.45. The van der Waals surface area contributed by atoms with Gasteiger partial charge in [-0.2, -0.15) is 0 Å². The number of aliphatic hydroxyl groups is 1. The third-order valence-electron chi connectivity index (χ3n) is 4.02. The lowest BCUT2D eigenvalue weighted by Crippen LogP contribution is -2.45. The van der Waals surface area contributed by atoms with Gasteiger partial charge >= 0.3 is 0 Å². The van der Waals surface area contributed by atoms with Crippen LogP contribution >= 0.6 is 0 Å². The van der Waals surface area contributed by atoms with E-state index in [1.807, 2.05) is 0 Å². The highest BCUT2D eigenvalue weighted by molar-refractivity contribution is 5.19. The van der Waals surface area contributed by atoms with Crippen LogP contribution < -0.4 is 5.32 Å². The largest absolute Gasteiger partial charge is 0.387 e. The molecule has 1 aliphatic rings. The van der Waals surface area contributed by atoms with Gasteiger partial charge < -0.3 is 15.2 Å². The van der Waals surface area contributed by atoms with Crippen molar-refractivity contribution < 1.29 is 14.2 Å². The average molecular weight is 295 g/mol. The third kappa shape index (κ3) is 5.38. The molecular weight excluding hydrogens is 269 g/mol. The number of rotatable bonds is 6. The summed E-state index contributed by atoms with van der Waals surface area (Å²) in [5.41, 5.74) is 0.489. The molecule has 1 aromatic carbocycles. The van der Waals surface area contributed by atoms with Crippen molar-refractivity contribution >= 4 is 0 Å². The summed E-state index contributed by atoms with van der Waals surface area (Å²) >= 11 is 0. The molecule has 0 amide bonds. The summed E-state index contributed by atoms with van der Waals surface area (Å²) in [5, 5.41) is 13.5. The lowest BCUT2D eigenvalue weighted by molar-refractivity contribution is -0.00400. The molecule has 0 bridgehead atoms. The van der Waals surface area contributed by atoms with Crippen LogP contribution in [0.25, 0.3) is 0 Å². The van der Waals surface area contributed by atoms with Crippen LogP contribution in [0.3, 0.4) is 0 Å². The number of benzene rings is 1. The third-order valence-corrected chi connectivity index (χ3v) is 4.02. The van der Waals surface area contributed by atoms with Crippen molar-refractivity contribution in [1.82, 2.24) is 5.32 Å². The molecule has 1 aliphatic heterocycles. The maximum atomic E-state index is 13.2. The molecule has 1 fully saturated rings. The zero-order chi connectivity index (χ0) is 15.3. The standard InChI is InChI=1S/C17H26FNO2/c1-17(2,11-15-8-3-4-9-21-15)19-12-16(20)13-6-5-7-14(18)10-13/h5-7,10,15-16,19-20H,3-4,8-9,11-12H2,1-2H3/t15-,16-/m0/s1. The van der Waals surface area contributed by atoms with Gasteiger partial charge in [-0.05, 0) is 57.2 Å². The van der Waals surface area contributed by atoms with E-state index in [4.69, 9.17) is 4.74 Å². The number of hydrogen-bond acceptors (Lipinski definition) is 3. The molecule has 0 spiro atoms. The predicted octanol–water partition coefficient (Wildman–Crippen LogP) is 3.19. The molecule has 21 heavy (non-hydrogen) atoms. The zero-order valence-electron chi connectivity index (χ0n) is 12.9. The molecule has 3 nitrogen and oxygen atoms in total. The summed E-state index contributed by atoms with van der Waals surface area (Å²) in [5.74, 6) is -0.318. The van der Waals surface area contributed by atoms with Crippen LogP contribution in [-0.4, -0.2) is 29.9 Å². The maximum absolute atomic E-state index is 13.2. The number of ether oxygens (including phenoxy) is 1. The minimum Gasteiger partial charge on any atom is -0.387 e. The van der Waals surface area contributed by atoms with Gasteiger partial charge in [-0.1, -0.05) is 12.1 Å². The normalized spacial score (nSPS) is 21.2. The Bertz CT molecular complexity index is 444. The Kier molecular flexibility index (Phi) is 5.73.